The van der Waals surface area contributed by atoms with Crippen LogP contribution in [0.1, 0.15) is 73.5 Å². The monoisotopic (exact) mass is 412 g/mol. The van der Waals surface area contributed by atoms with Gasteiger partial charge in [0.05, 0.1) is 12.7 Å². The van der Waals surface area contributed by atoms with Crippen molar-refractivity contribution in [3.05, 3.63) is 41.6 Å². The number of carbonyl (C=O) groups excluding carboxylic acids is 1. The molecule has 1 unspecified atom stereocenters. The Labute approximate surface area is 178 Å². The number of aromatic carboxylic acids is 1. The molecule has 0 bridgehead atoms. The number of carboxylic acid groups (broad SMARTS) is 1. The number of methoxy groups -OCH3 is 1. The molecule has 0 spiro atoms. The topological polar surface area (TPSA) is 94.6 Å². The third-order valence-corrected chi connectivity index (χ3v) is 6.33. The van der Waals surface area contributed by atoms with E-state index < -0.39 is 5.97 Å². The summed E-state index contributed by atoms with van der Waals surface area (Å²) in [6.07, 6.45) is 7.99. The van der Waals surface area contributed by atoms with Crippen molar-refractivity contribution in [1.29, 1.82) is 0 Å². The van der Waals surface area contributed by atoms with Crippen LogP contribution in [0.2, 0.25) is 0 Å². The van der Waals surface area contributed by atoms with Gasteiger partial charge in [0.1, 0.15) is 5.75 Å². The van der Waals surface area contributed by atoms with Crippen LogP contribution in [-0.2, 0) is 4.79 Å². The summed E-state index contributed by atoms with van der Waals surface area (Å²) in [5.74, 6) is 0.0835. The van der Waals surface area contributed by atoms with Crippen molar-refractivity contribution in [2.75, 3.05) is 7.11 Å². The SMILES string of the molecule is COc1ccc(-c2cc(C(=O)O)c(C)n2C(CCC(N)=O)CC2CCCCC2)cc1. The van der Waals surface area contributed by atoms with E-state index in [0.29, 0.717) is 24.3 Å². The first-order valence-corrected chi connectivity index (χ1v) is 10.8. The molecule has 2 aromatic rings. The zero-order chi connectivity index (χ0) is 21.7. The minimum absolute atomic E-state index is 0.0331. The molecule has 1 saturated carbocycles. The lowest BCUT2D eigenvalue weighted by Crippen LogP contribution is -2.21. The fraction of sp³-hybridized carbons (Fsp3) is 0.500. The Morgan fingerprint density at radius 3 is 2.43 bits per heavy atom. The van der Waals surface area contributed by atoms with Gasteiger partial charge in [0.25, 0.3) is 0 Å². The maximum absolute atomic E-state index is 11.9. The van der Waals surface area contributed by atoms with Crippen LogP contribution in [0.5, 0.6) is 5.75 Å². The zero-order valence-electron chi connectivity index (χ0n) is 17.9. The number of aromatic nitrogens is 1. The Bertz CT molecular complexity index is 879. The van der Waals surface area contributed by atoms with E-state index in [2.05, 4.69) is 4.57 Å². The van der Waals surface area contributed by atoms with Crippen molar-refractivity contribution in [3.63, 3.8) is 0 Å². The molecule has 1 fully saturated rings. The van der Waals surface area contributed by atoms with Crippen LogP contribution in [0.3, 0.4) is 0 Å². The Kier molecular flexibility index (Phi) is 7.19. The van der Waals surface area contributed by atoms with Crippen LogP contribution in [-0.4, -0.2) is 28.7 Å². The second kappa shape index (κ2) is 9.83. The number of carbonyl (C=O) groups is 2. The number of amides is 1. The molecule has 1 aromatic carbocycles. The molecule has 162 valence electrons. The number of rotatable bonds is 9. The summed E-state index contributed by atoms with van der Waals surface area (Å²) in [5.41, 5.74) is 8.28. The number of primary amides is 1. The molecule has 1 amide bonds. The number of benzene rings is 1. The Balaban J connectivity index is 2.04. The average molecular weight is 413 g/mol. The van der Waals surface area contributed by atoms with Crippen molar-refractivity contribution in [2.24, 2.45) is 11.7 Å². The van der Waals surface area contributed by atoms with Crippen LogP contribution in [0.25, 0.3) is 11.3 Å². The molecule has 1 atom stereocenters. The Hall–Kier alpha value is -2.76. The number of ether oxygens (including phenoxy) is 1. The van der Waals surface area contributed by atoms with Crippen LogP contribution in [0.4, 0.5) is 0 Å². The molecule has 30 heavy (non-hydrogen) atoms. The third kappa shape index (κ3) is 5.04. The smallest absolute Gasteiger partial charge is 0.337 e. The fourth-order valence-electron chi connectivity index (χ4n) is 4.76. The largest absolute Gasteiger partial charge is 0.497 e. The van der Waals surface area contributed by atoms with Gasteiger partial charge in [0.15, 0.2) is 0 Å². The van der Waals surface area contributed by atoms with Crippen LogP contribution >= 0.6 is 0 Å². The molecule has 0 aliphatic heterocycles. The van der Waals surface area contributed by atoms with Gasteiger partial charge >= 0.3 is 5.97 Å². The highest BCUT2D eigenvalue weighted by Gasteiger charge is 2.26. The van der Waals surface area contributed by atoms with E-state index in [4.69, 9.17) is 10.5 Å². The second-order valence-electron chi connectivity index (χ2n) is 8.33. The fourth-order valence-corrected chi connectivity index (χ4v) is 4.76. The van der Waals surface area contributed by atoms with Gasteiger partial charge in [-0.1, -0.05) is 32.1 Å². The lowest BCUT2D eigenvalue weighted by molar-refractivity contribution is -0.118. The normalized spacial score (nSPS) is 15.7. The van der Waals surface area contributed by atoms with Gasteiger partial charge in [-0.3, -0.25) is 4.79 Å². The van der Waals surface area contributed by atoms with Crippen molar-refractivity contribution in [2.45, 2.75) is 64.3 Å². The molecule has 1 heterocycles. The molecule has 0 saturated heterocycles. The standard InChI is InChI=1S/C24H32N2O4/c1-16-21(24(28)29)15-22(18-8-11-20(30-2)12-9-18)26(16)19(10-13-23(25)27)14-17-6-4-3-5-7-17/h8-9,11-12,15,17,19H,3-7,10,13-14H2,1-2H3,(H2,25,27)(H,28,29). The number of carboxylic acids is 1. The van der Waals surface area contributed by atoms with Crippen LogP contribution in [0.15, 0.2) is 30.3 Å². The Morgan fingerprint density at radius 1 is 1.20 bits per heavy atom. The molecule has 3 N–H and O–H groups in total. The predicted molar refractivity (Wildman–Crippen MR) is 117 cm³/mol. The summed E-state index contributed by atoms with van der Waals surface area (Å²) in [5, 5.41) is 9.75. The predicted octanol–water partition coefficient (Wildman–Crippen LogP) is 4.95. The van der Waals surface area contributed by atoms with E-state index in [1.165, 1.54) is 32.1 Å². The molecule has 6 nitrogen and oxygen atoms in total. The van der Waals surface area contributed by atoms with Crippen molar-refractivity contribution in [1.82, 2.24) is 4.57 Å². The summed E-state index contributed by atoms with van der Waals surface area (Å²) >= 11 is 0. The first-order chi connectivity index (χ1) is 14.4. The summed E-state index contributed by atoms with van der Waals surface area (Å²) in [4.78, 5) is 23.4. The van der Waals surface area contributed by atoms with E-state index >= 15 is 0 Å². The quantitative estimate of drug-likeness (QED) is 0.609. The highest BCUT2D eigenvalue weighted by Crippen LogP contribution is 2.38. The number of nitrogens with two attached hydrogens (primary N) is 1. The second-order valence-corrected chi connectivity index (χ2v) is 8.33. The third-order valence-electron chi connectivity index (χ3n) is 6.33. The summed E-state index contributed by atoms with van der Waals surface area (Å²) in [6, 6.07) is 9.43. The van der Waals surface area contributed by atoms with Crippen molar-refractivity contribution < 1.29 is 19.4 Å². The van der Waals surface area contributed by atoms with Gasteiger partial charge in [-0.15, -0.1) is 0 Å². The molecule has 3 rings (SSSR count). The van der Waals surface area contributed by atoms with Gasteiger partial charge in [0.2, 0.25) is 5.91 Å². The van der Waals surface area contributed by atoms with E-state index in [0.717, 1.165) is 29.1 Å². The van der Waals surface area contributed by atoms with Gasteiger partial charge < -0.3 is 20.1 Å². The minimum Gasteiger partial charge on any atom is -0.497 e. The van der Waals surface area contributed by atoms with E-state index in [-0.39, 0.29) is 11.9 Å². The average Bonchev–Trinajstić information content (AvgIpc) is 3.09. The molecule has 0 radical (unpaired) electrons. The van der Waals surface area contributed by atoms with E-state index in [1.807, 2.05) is 31.2 Å². The van der Waals surface area contributed by atoms with Crippen molar-refractivity contribution >= 4 is 11.9 Å². The first kappa shape index (κ1) is 21.9. The van der Waals surface area contributed by atoms with Crippen LogP contribution in [0, 0.1) is 12.8 Å². The van der Waals surface area contributed by atoms with Gasteiger partial charge in [-0.05, 0) is 61.6 Å². The molecular weight excluding hydrogens is 380 g/mol. The van der Waals surface area contributed by atoms with Gasteiger partial charge in [-0.25, -0.2) is 4.79 Å². The molecule has 1 aliphatic carbocycles. The lowest BCUT2D eigenvalue weighted by Gasteiger charge is -2.30. The highest BCUT2D eigenvalue weighted by atomic mass is 16.5. The number of hydrogen-bond acceptors (Lipinski definition) is 3. The highest BCUT2D eigenvalue weighted by molar-refractivity contribution is 5.91. The van der Waals surface area contributed by atoms with E-state index in [9.17, 15) is 14.7 Å². The number of hydrogen-bond donors (Lipinski definition) is 2. The molecule has 6 heteroatoms. The summed E-state index contributed by atoms with van der Waals surface area (Å²) in [7, 11) is 1.62. The van der Waals surface area contributed by atoms with Crippen molar-refractivity contribution in [3.8, 4) is 17.0 Å². The first-order valence-electron chi connectivity index (χ1n) is 10.8. The lowest BCUT2D eigenvalue weighted by atomic mass is 9.83. The maximum atomic E-state index is 11.9. The van der Waals surface area contributed by atoms with Gasteiger partial charge in [-0.2, -0.15) is 0 Å². The molecule has 1 aromatic heterocycles. The van der Waals surface area contributed by atoms with Crippen LogP contribution < -0.4 is 10.5 Å². The Morgan fingerprint density at radius 2 is 1.87 bits per heavy atom. The minimum atomic E-state index is -0.938. The zero-order valence-corrected chi connectivity index (χ0v) is 17.9. The summed E-state index contributed by atoms with van der Waals surface area (Å²) < 4.78 is 7.39. The molecular formula is C24H32N2O4. The number of nitrogens with zero attached hydrogens (tertiary/aromatic N) is 1. The molecule has 1 aliphatic rings. The maximum Gasteiger partial charge on any atom is 0.337 e. The summed E-state index contributed by atoms with van der Waals surface area (Å²) in [6.45, 7) is 1.86. The van der Waals surface area contributed by atoms with E-state index in [1.54, 1.807) is 13.2 Å². The van der Waals surface area contributed by atoms with Gasteiger partial charge in [0, 0.05) is 23.9 Å².